The van der Waals surface area contributed by atoms with Crippen molar-refractivity contribution in [3.8, 4) is 0 Å². The predicted octanol–water partition coefficient (Wildman–Crippen LogP) is 3.59. The van der Waals surface area contributed by atoms with Crippen molar-refractivity contribution in [2.75, 3.05) is 5.32 Å². The number of hydrogen-bond acceptors (Lipinski definition) is 2. The summed E-state index contributed by atoms with van der Waals surface area (Å²) in [4.78, 5) is 12.0. The Kier molecular flexibility index (Phi) is 3.28. The van der Waals surface area contributed by atoms with E-state index in [0.717, 1.165) is 20.9 Å². The maximum Gasteiger partial charge on any atom is 0.258 e. The van der Waals surface area contributed by atoms with Gasteiger partial charge in [-0.25, -0.2) is 0 Å². The van der Waals surface area contributed by atoms with Gasteiger partial charge in [-0.15, -0.1) is 0 Å². The molecule has 0 spiro atoms. The van der Waals surface area contributed by atoms with E-state index in [2.05, 4.69) is 26.3 Å². The third-order valence-electron chi connectivity index (χ3n) is 3.03. The molecule has 5 heteroatoms. The molecule has 20 heavy (non-hydrogen) atoms. The number of anilines is 1. The molecule has 0 saturated carbocycles. The molecule has 3 aromatic rings. The van der Waals surface area contributed by atoms with Gasteiger partial charge in [-0.2, -0.15) is 5.10 Å². The van der Waals surface area contributed by atoms with E-state index >= 15 is 0 Å². The van der Waals surface area contributed by atoms with Gasteiger partial charge in [0.05, 0.1) is 11.8 Å². The zero-order valence-electron chi connectivity index (χ0n) is 10.8. The lowest BCUT2D eigenvalue weighted by molar-refractivity contribution is 0.102. The number of halogens is 1. The molecule has 0 aliphatic heterocycles. The monoisotopic (exact) mass is 329 g/mol. The fourth-order valence-corrected chi connectivity index (χ4v) is 2.41. The number of nitrogens with one attached hydrogen (secondary N) is 1. The van der Waals surface area contributed by atoms with E-state index in [4.69, 9.17) is 0 Å². The Bertz CT molecular complexity index is 795. The van der Waals surface area contributed by atoms with Crippen LogP contribution in [0.25, 0.3) is 10.8 Å². The number of carbonyl (C=O) groups excluding carboxylic acids is 1. The summed E-state index contributed by atoms with van der Waals surface area (Å²) >= 11 is 3.45. The fraction of sp³-hybridized carbons (Fsp3) is 0.0667. The Morgan fingerprint density at radius 1 is 1.20 bits per heavy atom. The summed E-state index contributed by atoms with van der Waals surface area (Å²) < 4.78 is 2.64. The van der Waals surface area contributed by atoms with Crippen LogP contribution in [0.5, 0.6) is 0 Å². The Labute approximate surface area is 124 Å². The first-order valence-corrected chi connectivity index (χ1v) is 6.90. The van der Waals surface area contributed by atoms with E-state index in [-0.39, 0.29) is 5.91 Å². The minimum absolute atomic E-state index is 0.158. The van der Waals surface area contributed by atoms with Crippen LogP contribution in [0, 0.1) is 0 Å². The van der Waals surface area contributed by atoms with Crippen LogP contribution in [-0.2, 0) is 7.05 Å². The quantitative estimate of drug-likeness (QED) is 0.781. The van der Waals surface area contributed by atoms with Crippen molar-refractivity contribution < 1.29 is 4.79 Å². The first kappa shape index (κ1) is 12.9. The molecule has 1 aromatic heterocycles. The van der Waals surface area contributed by atoms with Crippen molar-refractivity contribution in [1.29, 1.82) is 0 Å². The van der Waals surface area contributed by atoms with Gasteiger partial charge >= 0.3 is 0 Å². The van der Waals surface area contributed by atoms with Crippen molar-refractivity contribution >= 4 is 38.3 Å². The van der Waals surface area contributed by atoms with Gasteiger partial charge in [0, 0.05) is 23.4 Å². The minimum atomic E-state index is -0.158. The summed E-state index contributed by atoms with van der Waals surface area (Å²) in [6, 6.07) is 11.9. The zero-order chi connectivity index (χ0) is 14.1. The van der Waals surface area contributed by atoms with E-state index in [9.17, 15) is 4.79 Å². The number of aryl methyl sites for hydroxylation is 1. The number of nitrogens with zero attached hydrogens (tertiary/aromatic N) is 2. The van der Waals surface area contributed by atoms with Crippen LogP contribution in [0.4, 0.5) is 5.69 Å². The van der Waals surface area contributed by atoms with Gasteiger partial charge in [-0.1, -0.05) is 28.1 Å². The minimum Gasteiger partial charge on any atom is -0.322 e. The van der Waals surface area contributed by atoms with Gasteiger partial charge in [0.15, 0.2) is 0 Å². The number of rotatable bonds is 2. The van der Waals surface area contributed by atoms with Crippen molar-refractivity contribution in [3.63, 3.8) is 0 Å². The maximum absolute atomic E-state index is 12.0. The first-order valence-electron chi connectivity index (χ1n) is 6.11. The van der Waals surface area contributed by atoms with E-state index in [1.807, 2.05) is 36.4 Å². The average molecular weight is 330 g/mol. The normalized spacial score (nSPS) is 10.7. The molecule has 0 aliphatic rings. The predicted molar refractivity (Wildman–Crippen MR) is 82.8 cm³/mol. The van der Waals surface area contributed by atoms with Gasteiger partial charge in [0.25, 0.3) is 5.91 Å². The molecule has 0 bridgehead atoms. The molecule has 1 heterocycles. The summed E-state index contributed by atoms with van der Waals surface area (Å²) in [5, 5.41) is 9.07. The van der Waals surface area contributed by atoms with Crippen LogP contribution in [0.15, 0.2) is 53.3 Å². The number of carbonyl (C=O) groups is 1. The highest BCUT2D eigenvalue weighted by molar-refractivity contribution is 9.10. The number of amides is 1. The lowest BCUT2D eigenvalue weighted by Crippen LogP contribution is -2.10. The van der Waals surface area contributed by atoms with Gasteiger partial charge in [0.1, 0.15) is 0 Å². The fourth-order valence-electron chi connectivity index (χ4n) is 2.04. The molecule has 0 radical (unpaired) electrons. The molecular formula is C15H12BrN3O. The van der Waals surface area contributed by atoms with Crippen LogP contribution >= 0.6 is 15.9 Å². The number of aromatic nitrogens is 2. The van der Waals surface area contributed by atoms with E-state index in [1.54, 1.807) is 24.1 Å². The first-order chi connectivity index (χ1) is 9.61. The summed E-state index contributed by atoms with van der Waals surface area (Å²) in [5.74, 6) is -0.158. The zero-order valence-corrected chi connectivity index (χ0v) is 12.4. The lowest BCUT2D eigenvalue weighted by Gasteiger charge is -2.05. The SMILES string of the molecule is Cn1cc(C(=O)Nc2ccc3cc(Br)ccc3c2)cn1. The second kappa shape index (κ2) is 5.09. The topological polar surface area (TPSA) is 46.9 Å². The number of fused-ring (bicyclic) bond motifs is 1. The molecule has 0 unspecified atom stereocenters. The van der Waals surface area contributed by atoms with E-state index in [0.29, 0.717) is 5.56 Å². The summed E-state index contributed by atoms with van der Waals surface area (Å²) in [6.45, 7) is 0. The molecule has 1 amide bonds. The van der Waals surface area contributed by atoms with Crippen LogP contribution in [0.3, 0.4) is 0 Å². The smallest absolute Gasteiger partial charge is 0.258 e. The second-order valence-corrected chi connectivity index (χ2v) is 5.48. The Hall–Kier alpha value is -2.14. The highest BCUT2D eigenvalue weighted by atomic mass is 79.9. The van der Waals surface area contributed by atoms with Gasteiger partial charge < -0.3 is 5.32 Å². The van der Waals surface area contributed by atoms with Gasteiger partial charge in [0.2, 0.25) is 0 Å². The average Bonchev–Trinajstić information content (AvgIpc) is 2.86. The molecule has 0 atom stereocenters. The van der Waals surface area contributed by atoms with E-state index < -0.39 is 0 Å². The van der Waals surface area contributed by atoms with Crippen LogP contribution in [0.1, 0.15) is 10.4 Å². The standard InChI is InChI=1S/C15H12BrN3O/c1-19-9-12(8-17-19)15(20)18-14-5-3-10-6-13(16)4-2-11(10)7-14/h2-9H,1H3,(H,18,20). The van der Waals surface area contributed by atoms with Gasteiger partial charge in [-0.3, -0.25) is 9.48 Å². The van der Waals surface area contributed by atoms with Crippen molar-refractivity contribution in [2.45, 2.75) is 0 Å². The molecule has 1 N–H and O–H groups in total. The Balaban J connectivity index is 1.87. The number of hydrogen-bond donors (Lipinski definition) is 1. The highest BCUT2D eigenvalue weighted by Gasteiger charge is 2.08. The molecule has 100 valence electrons. The van der Waals surface area contributed by atoms with Crippen molar-refractivity contribution in [3.05, 3.63) is 58.8 Å². The summed E-state index contributed by atoms with van der Waals surface area (Å²) in [5.41, 5.74) is 1.32. The Morgan fingerprint density at radius 2 is 1.95 bits per heavy atom. The molecule has 4 nitrogen and oxygen atoms in total. The molecular weight excluding hydrogens is 318 g/mol. The van der Waals surface area contributed by atoms with Crippen LogP contribution in [0.2, 0.25) is 0 Å². The van der Waals surface area contributed by atoms with Crippen LogP contribution < -0.4 is 5.32 Å². The van der Waals surface area contributed by atoms with Crippen LogP contribution in [-0.4, -0.2) is 15.7 Å². The second-order valence-electron chi connectivity index (χ2n) is 4.56. The lowest BCUT2D eigenvalue weighted by atomic mass is 10.1. The largest absolute Gasteiger partial charge is 0.322 e. The third kappa shape index (κ3) is 2.58. The molecule has 0 saturated heterocycles. The molecule has 0 aliphatic carbocycles. The highest BCUT2D eigenvalue weighted by Crippen LogP contribution is 2.23. The van der Waals surface area contributed by atoms with Gasteiger partial charge in [-0.05, 0) is 35.0 Å². The summed E-state index contributed by atoms with van der Waals surface area (Å²) in [7, 11) is 1.78. The molecule has 3 rings (SSSR count). The van der Waals surface area contributed by atoms with Crippen molar-refractivity contribution in [2.24, 2.45) is 7.05 Å². The molecule has 0 fully saturated rings. The maximum atomic E-state index is 12.0. The van der Waals surface area contributed by atoms with Crippen molar-refractivity contribution in [1.82, 2.24) is 9.78 Å². The number of benzene rings is 2. The molecule has 2 aromatic carbocycles. The third-order valence-corrected chi connectivity index (χ3v) is 3.52. The van der Waals surface area contributed by atoms with E-state index in [1.165, 1.54) is 0 Å². The Morgan fingerprint density at radius 3 is 2.70 bits per heavy atom. The summed E-state index contributed by atoms with van der Waals surface area (Å²) in [6.07, 6.45) is 3.24.